The minimum atomic E-state index is -1.30. The van der Waals surface area contributed by atoms with Gasteiger partial charge in [-0.05, 0) is 52.8 Å². The van der Waals surface area contributed by atoms with Crippen LogP contribution in [0, 0.1) is 0 Å². The number of benzene rings is 2. The van der Waals surface area contributed by atoms with Gasteiger partial charge in [0.05, 0.1) is 18.1 Å². The fourth-order valence-electron chi connectivity index (χ4n) is 3.41. The number of hydrogen-bond acceptors (Lipinski definition) is 6. The number of aliphatic hydroxyl groups is 1. The van der Waals surface area contributed by atoms with Crippen LogP contribution in [0.5, 0.6) is 0 Å². The first kappa shape index (κ1) is 27.1. The molecular formula is C25H25N2NaO4S. The van der Waals surface area contributed by atoms with Crippen molar-refractivity contribution in [2.45, 2.75) is 25.0 Å². The molecule has 0 saturated heterocycles. The maximum absolute atomic E-state index is 13.0. The van der Waals surface area contributed by atoms with E-state index in [2.05, 4.69) is 10.3 Å². The van der Waals surface area contributed by atoms with Crippen LogP contribution in [0.15, 0.2) is 73.1 Å². The Morgan fingerprint density at radius 3 is 2.52 bits per heavy atom. The maximum atomic E-state index is 13.0. The van der Waals surface area contributed by atoms with Crippen LogP contribution >= 0.6 is 11.8 Å². The standard InChI is InChI=1S/C25H26N2O4S.Na/c1-32-13-11-22(25(30)31)27-24(29)20-10-9-17(14-21(20)18-6-3-2-4-7-18)15-23(28)19-8-5-12-26-16-19;/h2-10,12,14,16,22-23,28H,11,13,15H2,1H3,(H,27,29)(H,30,31);/q;+1/p-1/t22-,23?;/m0./s1. The average molecular weight is 473 g/mol. The molecule has 0 fully saturated rings. The second-order valence-electron chi connectivity index (χ2n) is 7.38. The van der Waals surface area contributed by atoms with Crippen LogP contribution in [0.3, 0.4) is 0 Å². The number of nitrogens with one attached hydrogen (secondary N) is 1. The maximum Gasteiger partial charge on any atom is 1.00 e. The minimum absolute atomic E-state index is 0. The van der Waals surface area contributed by atoms with Gasteiger partial charge < -0.3 is 20.3 Å². The Labute approximate surface area is 220 Å². The quantitative estimate of drug-likeness (QED) is 0.391. The van der Waals surface area contributed by atoms with E-state index in [0.29, 0.717) is 28.9 Å². The zero-order valence-electron chi connectivity index (χ0n) is 18.7. The SMILES string of the molecule is CSCC[C@H](NC(=O)c1ccc(CC(O)c2cccnc2)cc1-c1ccccc1)C(=O)[O-].[Na+]. The summed E-state index contributed by atoms with van der Waals surface area (Å²) in [6.07, 6.45) is 5.05. The summed E-state index contributed by atoms with van der Waals surface area (Å²) >= 11 is 1.51. The van der Waals surface area contributed by atoms with Crippen LogP contribution in [-0.4, -0.2) is 40.0 Å². The monoisotopic (exact) mass is 472 g/mol. The molecule has 1 amide bonds. The van der Waals surface area contributed by atoms with Crippen LogP contribution < -0.4 is 40.0 Å². The van der Waals surface area contributed by atoms with Crippen LogP contribution in [0.25, 0.3) is 11.1 Å². The van der Waals surface area contributed by atoms with Crippen molar-refractivity contribution in [3.05, 3.63) is 89.7 Å². The molecule has 2 atom stereocenters. The number of aliphatic carboxylic acids is 1. The molecule has 0 radical (unpaired) electrons. The Morgan fingerprint density at radius 1 is 1.12 bits per heavy atom. The fourth-order valence-corrected chi connectivity index (χ4v) is 3.88. The van der Waals surface area contributed by atoms with Crippen LogP contribution in [0.4, 0.5) is 0 Å². The van der Waals surface area contributed by atoms with Crippen molar-refractivity contribution in [1.29, 1.82) is 0 Å². The molecule has 0 aliphatic heterocycles. The van der Waals surface area contributed by atoms with Gasteiger partial charge >= 0.3 is 29.6 Å². The summed E-state index contributed by atoms with van der Waals surface area (Å²) in [5.41, 5.74) is 3.41. The minimum Gasteiger partial charge on any atom is -0.548 e. The van der Waals surface area contributed by atoms with Gasteiger partial charge in [0, 0.05) is 24.4 Å². The predicted molar refractivity (Wildman–Crippen MR) is 124 cm³/mol. The summed E-state index contributed by atoms with van der Waals surface area (Å²) in [5, 5.41) is 24.6. The van der Waals surface area contributed by atoms with E-state index in [9.17, 15) is 19.8 Å². The van der Waals surface area contributed by atoms with E-state index in [-0.39, 0.29) is 36.0 Å². The van der Waals surface area contributed by atoms with Gasteiger partial charge in [-0.25, -0.2) is 0 Å². The Bertz CT molecular complexity index is 1050. The third kappa shape index (κ3) is 7.69. The molecule has 0 spiro atoms. The summed E-state index contributed by atoms with van der Waals surface area (Å²) in [5.74, 6) is -1.18. The van der Waals surface area contributed by atoms with Gasteiger partial charge in [0.1, 0.15) is 0 Å². The largest absolute Gasteiger partial charge is 1.00 e. The van der Waals surface area contributed by atoms with Gasteiger partial charge in [0.15, 0.2) is 0 Å². The average Bonchev–Trinajstić information content (AvgIpc) is 2.82. The smallest absolute Gasteiger partial charge is 0.548 e. The number of rotatable bonds is 10. The summed E-state index contributed by atoms with van der Waals surface area (Å²) in [7, 11) is 0. The van der Waals surface area contributed by atoms with Crippen LogP contribution in [0.1, 0.15) is 34.0 Å². The molecule has 0 bridgehead atoms. The summed E-state index contributed by atoms with van der Waals surface area (Å²) in [6.45, 7) is 0. The Balaban J connectivity index is 0.00000385. The molecule has 0 aliphatic rings. The van der Waals surface area contributed by atoms with Gasteiger partial charge in [-0.1, -0.05) is 48.5 Å². The van der Waals surface area contributed by atoms with Crippen LogP contribution in [0.2, 0.25) is 0 Å². The molecular weight excluding hydrogens is 447 g/mol. The van der Waals surface area contributed by atoms with E-state index in [4.69, 9.17) is 0 Å². The van der Waals surface area contributed by atoms with Crippen LogP contribution in [-0.2, 0) is 11.2 Å². The number of aromatic nitrogens is 1. The molecule has 2 N–H and O–H groups in total. The summed E-state index contributed by atoms with van der Waals surface area (Å²) < 4.78 is 0. The third-order valence-electron chi connectivity index (χ3n) is 5.11. The van der Waals surface area contributed by atoms with E-state index in [1.165, 1.54) is 11.8 Å². The van der Waals surface area contributed by atoms with Gasteiger partial charge in [0.25, 0.3) is 5.91 Å². The topological polar surface area (TPSA) is 102 Å². The Morgan fingerprint density at radius 2 is 1.88 bits per heavy atom. The zero-order chi connectivity index (χ0) is 22.9. The number of nitrogens with zero attached hydrogens (tertiary/aromatic N) is 1. The molecule has 3 aromatic rings. The van der Waals surface area contributed by atoms with Crippen molar-refractivity contribution in [2.75, 3.05) is 12.0 Å². The van der Waals surface area contributed by atoms with E-state index in [1.54, 1.807) is 30.6 Å². The van der Waals surface area contributed by atoms with Crippen molar-refractivity contribution in [3.8, 4) is 11.1 Å². The van der Waals surface area contributed by atoms with E-state index in [1.807, 2.05) is 48.7 Å². The Hall–Kier alpha value is -2.16. The second-order valence-corrected chi connectivity index (χ2v) is 8.36. The molecule has 0 aliphatic carbocycles. The van der Waals surface area contributed by atoms with Crippen molar-refractivity contribution < 1.29 is 49.4 Å². The molecule has 1 aromatic heterocycles. The number of aliphatic hydroxyl groups excluding tert-OH is 1. The number of carboxylic acids is 1. The molecule has 1 unspecified atom stereocenters. The van der Waals surface area contributed by atoms with E-state index >= 15 is 0 Å². The molecule has 8 heteroatoms. The molecule has 0 saturated carbocycles. The first-order valence-electron chi connectivity index (χ1n) is 10.3. The van der Waals surface area contributed by atoms with E-state index < -0.39 is 24.0 Å². The van der Waals surface area contributed by atoms with Crippen molar-refractivity contribution in [3.63, 3.8) is 0 Å². The first-order valence-corrected chi connectivity index (χ1v) is 11.7. The van der Waals surface area contributed by atoms with Crippen molar-refractivity contribution >= 4 is 23.6 Å². The first-order chi connectivity index (χ1) is 15.5. The van der Waals surface area contributed by atoms with Gasteiger partial charge in [0.2, 0.25) is 0 Å². The number of pyridine rings is 1. The second kappa shape index (κ2) is 13.5. The van der Waals surface area contributed by atoms with Crippen molar-refractivity contribution in [2.24, 2.45) is 0 Å². The Kier molecular flexibility index (Phi) is 11.1. The number of amides is 1. The third-order valence-corrected chi connectivity index (χ3v) is 5.76. The molecule has 166 valence electrons. The summed E-state index contributed by atoms with van der Waals surface area (Å²) in [6, 6.07) is 17.2. The van der Waals surface area contributed by atoms with Gasteiger partial charge in [-0.2, -0.15) is 11.8 Å². The number of carbonyl (C=O) groups excluding carboxylic acids is 2. The molecule has 2 aromatic carbocycles. The number of carbonyl (C=O) groups is 2. The summed E-state index contributed by atoms with van der Waals surface area (Å²) in [4.78, 5) is 28.5. The van der Waals surface area contributed by atoms with Gasteiger partial charge in [-0.15, -0.1) is 0 Å². The van der Waals surface area contributed by atoms with Crippen molar-refractivity contribution in [1.82, 2.24) is 10.3 Å². The molecule has 3 rings (SSSR count). The fraction of sp³-hybridized carbons (Fsp3) is 0.240. The molecule has 1 heterocycles. The predicted octanol–water partition coefficient (Wildman–Crippen LogP) is -0.370. The van der Waals surface area contributed by atoms with E-state index in [0.717, 1.165) is 11.1 Å². The normalized spacial score (nSPS) is 12.3. The molecule has 33 heavy (non-hydrogen) atoms. The number of carboxylic acid groups (broad SMARTS) is 1. The van der Waals surface area contributed by atoms with Gasteiger partial charge in [-0.3, -0.25) is 9.78 Å². The molecule has 6 nitrogen and oxygen atoms in total. The number of thioether (sulfide) groups is 1. The zero-order valence-corrected chi connectivity index (χ0v) is 21.5. The number of hydrogen-bond donors (Lipinski definition) is 2.